The van der Waals surface area contributed by atoms with Gasteiger partial charge in [0.2, 0.25) is 0 Å². The Morgan fingerprint density at radius 1 is 1.00 bits per heavy atom. The highest BCUT2D eigenvalue weighted by Gasteiger charge is 2.11. The van der Waals surface area contributed by atoms with Crippen molar-refractivity contribution in [1.29, 1.82) is 0 Å². The van der Waals surface area contributed by atoms with E-state index in [0.29, 0.717) is 0 Å². The van der Waals surface area contributed by atoms with Crippen LogP contribution in [0.3, 0.4) is 0 Å². The van der Waals surface area contributed by atoms with E-state index in [1.807, 2.05) is 18.7 Å². The van der Waals surface area contributed by atoms with Gasteiger partial charge in [0.05, 0.1) is 11.4 Å². The first-order chi connectivity index (χ1) is 8.27. The van der Waals surface area contributed by atoms with Crippen molar-refractivity contribution in [3.63, 3.8) is 0 Å². The third-order valence-corrected chi connectivity index (χ3v) is 3.04. The Kier molecular flexibility index (Phi) is 2.18. The molecular formula is C14H13N3. The molecule has 1 aromatic heterocycles. The molecule has 0 aliphatic heterocycles. The molecule has 2 aromatic carbocycles. The average Bonchev–Trinajstić information content (AvgIpc) is 2.69. The van der Waals surface area contributed by atoms with Crippen molar-refractivity contribution < 1.29 is 0 Å². The Morgan fingerprint density at radius 3 is 2.53 bits per heavy atom. The number of hydrogen-bond donors (Lipinski definition) is 0. The summed E-state index contributed by atoms with van der Waals surface area (Å²) in [6.07, 6.45) is 0. The summed E-state index contributed by atoms with van der Waals surface area (Å²) in [6.45, 7) is 1.99. The van der Waals surface area contributed by atoms with Crippen molar-refractivity contribution in [1.82, 2.24) is 15.0 Å². The smallest absolute Gasteiger partial charge is 0.0917 e. The molecule has 3 aromatic rings. The summed E-state index contributed by atoms with van der Waals surface area (Å²) in [6, 6.07) is 14.7. The number of nitrogens with zero attached hydrogens (tertiary/aromatic N) is 3. The highest BCUT2D eigenvalue weighted by Crippen LogP contribution is 2.29. The predicted molar refractivity (Wildman–Crippen MR) is 68.7 cm³/mol. The van der Waals surface area contributed by atoms with Gasteiger partial charge in [-0.1, -0.05) is 47.7 Å². The molecule has 0 saturated heterocycles. The third kappa shape index (κ3) is 1.51. The fraction of sp³-hybridized carbons (Fsp3) is 0.143. The Morgan fingerprint density at radius 2 is 1.76 bits per heavy atom. The van der Waals surface area contributed by atoms with E-state index in [1.54, 1.807) is 0 Å². The molecule has 0 aliphatic rings. The van der Waals surface area contributed by atoms with Crippen LogP contribution in [0.5, 0.6) is 0 Å². The molecule has 0 radical (unpaired) electrons. The van der Waals surface area contributed by atoms with E-state index < -0.39 is 0 Å². The number of rotatable bonds is 1. The van der Waals surface area contributed by atoms with Crippen LogP contribution in [0, 0.1) is 6.92 Å². The van der Waals surface area contributed by atoms with E-state index >= 15 is 0 Å². The minimum absolute atomic E-state index is 0.962. The second-order valence-corrected chi connectivity index (χ2v) is 4.17. The molecule has 3 heteroatoms. The molecule has 1 heterocycles. The van der Waals surface area contributed by atoms with Gasteiger partial charge in [-0.05, 0) is 17.7 Å². The zero-order valence-electron chi connectivity index (χ0n) is 9.88. The Hall–Kier alpha value is -2.16. The lowest BCUT2D eigenvalue weighted by Crippen LogP contribution is -1.95. The highest BCUT2D eigenvalue weighted by atomic mass is 15.4. The standard InChI is InChI=1S/C14H13N3/c1-10-14(17(2)16-15-10)13-9-5-7-11-6-3-4-8-12(11)13/h3-9H,1-2H3. The van der Waals surface area contributed by atoms with E-state index in [1.165, 1.54) is 16.3 Å². The monoisotopic (exact) mass is 223 g/mol. The quantitative estimate of drug-likeness (QED) is 0.635. The molecule has 17 heavy (non-hydrogen) atoms. The summed E-state index contributed by atoms with van der Waals surface area (Å²) >= 11 is 0. The van der Waals surface area contributed by atoms with E-state index in [2.05, 4.69) is 52.8 Å². The second-order valence-electron chi connectivity index (χ2n) is 4.17. The van der Waals surface area contributed by atoms with Crippen LogP contribution in [0.2, 0.25) is 0 Å². The maximum Gasteiger partial charge on any atom is 0.0917 e. The normalized spacial score (nSPS) is 10.9. The van der Waals surface area contributed by atoms with Crippen LogP contribution in [-0.4, -0.2) is 15.0 Å². The maximum absolute atomic E-state index is 4.11. The van der Waals surface area contributed by atoms with Crippen LogP contribution >= 0.6 is 0 Å². The van der Waals surface area contributed by atoms with Gasteiger partial charge in [0.1, 0.15) is 0 Å². The fourth-order valence-corrected chi connectivity index (χ4v) is 2.26. The summed E-state index contributed by atoms with van der Waals surface area (Å²) in [5.74, 6) is 0. The van der Waals surface area contributed by atoms with E-state index in [-0.39, 0.29) is 0 Å². The molecule has 0 fully saturated rings. The lowest BCUT2D eigenvalue weighted by Gasteiger charge is -2.07. The molecule has 0 saturated carbocycles. The van der Waals surface area contributed by atoms with Crippen LogP contribution < -0.4 is 0 Å². The number of aromatic nitrogens is 3. The topological polar surface area (TPSA) is 30.7 Å². The minimum Gasteiger partial charge on any atom is -0.247 e. The van der Waals surface area contributed by atoms with E-state index in [9.17, 15) is 0 Å². The van der Waals surface area contributed by atoms with Crippen molar-refractivity contribution in [3.05, 3.63) is 48.2 Å². The van der Waals surface area contributed by atoms with Gasteiger partial charge in [-0.2, -0.15) is 0 Å². The molecule has 3 rings (SSSR count). The minimum atomic E-state index is 0.962. The lowest BCUT2D eigenvalue weighted by atomic mass is 10.0. The molecule has 0 bridgehead atoms. The predicted octanol–water partition coefficient (Wildman–Crippen LogP) is 2.94. The molecular weight excluding hydrogens is 210 g/mol. The maximum atomic E-state index is 4.11. The molecule has 84 valence electrons. The zero-order chi connectivity index (χ0) is 11.8. The van der Waals surface area contributed by atoms with Gasteiger partial charge in [0.25, 0.3) is 0 Å². The zero-order valence-corrected chi connectivity index (χ0v) is 9.88. The first kappa shape index (κ1) is 10.0. The molecule has 0 N–H and O–H groups in total. The highest BCUT2D eigenvalue weighted by molar-refractivity contribution is 5.96. The third-order valence-electron chi connectivity index (χ3n) is 3.04. The summed E-state index contributed by atoms with van der Waals surface area (Å²) in [7, 11) is 1.93. The molecule has 0 unspecified atom stereocenters. The fourth-order valence-electron chi connectivity index (χ4n) is 2.26. The van der Waals surface area contributed by atoms with Crippen LogP contribution in [-0.2, 0) is 7.05 Å². The number of benzene rings is 2. The molecule has 3 nitrogen and oxygen atoms in total. The van der Waals surface area contributed by atoms with Gasteiger partial charge in [-0.25, -0.2) is 4.68 Å². The summed E-state index contributed by atoms with van der Waals surface area (Å²) in [5.41, 5.74) is 3.23. The van der Waals surface area contributed by atoms with Gasteiger partial charge in [0, 0.05) is 12.6 Å². The van der Waals surface area contributed by atoms with Crippen molar-refractivity contribution >= 4 is 10.8 Å². The summed E-state index contributed by atoms with van der Waals surface area (Å²) < 4.78 is 1.83. The van der Waals surface area contributed by atoms with Crippen LogP contribution in [0.25, 0.3) is 22.0 Å². The first-order valence-electron chi connectivity index (χ1n) is 5.62. The second kappa shape index (κ2) is 3.70. The van der Waals surface area contributed by atoms with Crippen LogP contribution in [0.1, 0.15) is 5.69 Å². The van der Waals surface area contributed by atoms with Crippen molar-refractivity contribution in [2.75, 3.05) is 0 Å². The molecule has 0 atom stereocenters. The molecule has 0 aliphatic carbocycles. The number of hydrogen-bond acceptors (Lipinski definition) is 2. The average molecular weight is 223 g/mol. The largest absolute Gasteiger partial charge is 0.247 e. The summed E-state index contributed by atoms with van der Waals surface area (Å²) in [5, 5.41) is 10.7. The van der Waals surface area contributed by atoms with Gasteiger partial charge in [-0.3, -0.25) is 0 Å². The van der Waals surface area contributed by atoms with Gasteiger partial charge in [0.15, 0.2) is 0 Å². The van der Waals surface area contributed by atoms with Crippen molar-refractivity contribution in [2.24, 2.45) is 7.05 Å². The van der Waals surface area contributed by atoms with Gasteiger partial charge in [-0.15, -0.1) is 5.10 Å². The molecule has 0 amide bonds. The molecule has 0 spiro atoms. The van der Waals surface area contributed by atoms with Gasteiger partial charge >= 0.3 is 0 Å². The summed E-state index contributed by atoms with van der Waals surface area (Å²) in [4.78, 5) is 0. The van der Waals surface area contributed by atoms with Crippen LogP contribution in [0.15, 0.2) is 42.5 Å². The first-order valence-corrected chi connectivity index (χ1v) is 5.62. The number of aryl methyl sites for hydroxylation is 2. The SMILES string of the molecule is Cc1nnn(C)c1-c1cccc2ccccc12. The van der Waals surface area contributed by atoms with Crippen molar-refractivity contribution in [2.45, 2.75) is 6.92 Å². The van der Waals surface area contributed by atoms with E-state index in [4.69, 9.17) is 0 Å². The lowest BCUT2D eigenvalue weighted by molar-refractivity contribution is 0.720. The van der Waals surface area contributed by atoms with Gasteiger partial charge < -0.3 is 0 Å². The Balaban J connectivity index is 2.38. The van der Waals surface area contributed by atoms with E-state index in [0.717, 1.165) is 11.4 Å². The van der Waals surface area contributed by atoms with Crippen molar-refractivity contribution in [3.8, 4) is 11.3 Å². The Labute approximate surface area is 99.7 Å². The van der Waals surface area contributed by atoms with Crippen LogP contribution in [0.4, 0.5) is 0 Å². The number of fused-ring (bicyclic) bond motifs is 1. The Bertz CT molecular complexity index is 658.